The predicted octanol–water partition coefficient (Wildman–Crippen LogP) is 4.44. The monoisotopic (exact) mass is 527 g/mol. The van der Waals surface area contributed by atoms with Crippen molar-refractivity contribution >= 4 is 54.9 Å². The molecule has 2 aromatic carbocycles. The number of thiocarbonyl (C=S) groups is 1. The topological polar surface area (TPSA) is 96.5 Å². The fourth-order valence-corrected chi connectivity index (χ4v) is 4.30. The molecule has 168 valence electrons. The summed E-state index contributed by atoms with van der Waals surface area (Å²) in [5.41, 5.74) is 0.975. The Morgan fingerprint density at radius 3 is 2.42 bits per heavy atom. The number of sulfonamides is 1. The highest BCUT2D eigenvalue weighted by Gasteiger charge is 2.14. The van der Waals surface area contributed by atoms with Gasteiger partial charge >= 0.3 is 0 Å². The Hall–Kier alpha value is -2.01. The molecular formula is C21H26BrN3O4S2. The summed E-state index contributed by atoms with van der Waals surface area (Å²) in [6.07, 6.45) is 2.70. The first-order chi connectivity index (χ1) is 14.8. The number of nitrogens with one attached hydrogen (secondary N) is 3. The molecule has 7 nitrogen and oxygen atoms in total. The van der Waals surface area contributed by atoms with E-state index >= 15 is 0 Å². The van der Waals surface area contributed by atoms with Crippen molar-refractivity contribution in [1.29, 1.82) is 0 Å². The number of hydrogen-bond donors (Lipinski definition) is 3. The van der Waals surface area contributed by atoms with E-state index < -0.39 is 10.0 Å². The van der Waals surface area contributed by atoms with E-state index in [4.69, 9.17) is 17.0 Å². The Kier molecular flexibility index (Phi) is 9.89. The van der Waals surface area contributed by atoms with Gasteiger partial charge in [0.25, 0.3) is 5.91 Å². The van der Waals surface area contributed by atoms with E-state index in [1.54, 1.807) is 30.3 Å². The Morgan fingerprint density at radius 1 is 1.10 bits per heavy atom. The first-order valence-electron chi connectivity index (χ1n) is 9.91. The SMILES string of the molecule is CCCCOc1ccc(C(=O)NC(=S)Nc2ccc(S(=O)(=O)NCCC)cc2)cc1Br. The second kappa shape index (κ2) is 12.1. The van der Waals surface area contributed by atoms with Crippen molar-refractivity contribution in [3.8, 4) is 5.75 Å². The molecule has 3 N–H and O–H groups in total. The number of benzene rings is 2. The summed E-state index contributed by atoms with van der Waals surface area (Å²) in [6.45, 7) is 4.97. The highest BCUT2D eigenvalue weighted by atomic mass is 79.9. The average molecular weight is 528 g/mol. The summed E-state index contributed by atoms with van der Waals surface area (Å²) >= 11 is 8.61. The molecule has 2 rings (SSSR count). The van der Waals surface area contributed by atoms with E-state index in [0.717, 1.165) is 12.8 Å². The number of carbonyl (C=O) groups is 1. The minimum absolute atomic E-state index is 0.101. The lowest BCUT2D eigenvalue weighted by Gasteiger charge is -2.12. The quantitative estimate of drug-likeness (QED) is 0.312. The molecule has 0 bridgehead atoms. The number of rotatable bonds is 10. The van der Waals surface area contributed by atoms with Gasteiger partial charge in [-0.2, -0.15) is 0 Å². The van der Waals surface area contributed by atoms with Gasteiger partial charge in [-0.25, -0.2) is 13.1 Å². The van der Waals surface area contributed by atoms with Crippen LogP contribution in [0.25, 0.3) is 0 Å². The third-order valence-corrected chi connectivity index (χ3v) is 6.44. The molecule has 0 aliphatic rings. The first kappa shape index (κ1) is 25.3. The highest BCUT2D eigenvalue weighted by molar-refractivity contribution is 9.10. The Morgan fingerprint density at radius 2 is 1.81 bits per heavy atom. The lowest BCUT2D eigenvalue weighted by atomic mass is 10.2. The van der Waals surface area contributed by atoms with Crippen LogP contribution in [0.15, 0.2) is 51.8 Å². The van der Waals surface area contributed by atoms with Crippen molar-refractivity contribution in [2.45, 2.75) is 38.0 Å². The standard InChI is InChI=1S/C21H26BrN3O4S2/c1-3-5-13-29-19-11-6-15(14-18(19)22)20(26)25-21(30)24-16-7-9-17(10-8-16)31(27,28)23-12-4-2/h6-11,14,23H,3-5,12-13H2,1-2H3,(H2,24,25,26,30). The summed E-state index contributed by atoms with van der Waals surface area (Å²) in [5, 5.41) is 5.58. The Bertz CT molecular complexity index is 1010. The van der Waals surface area contributed by atoms with Crippen LogP contribution in [0.4, 0.5) is 5.69 Å². The number of hydrogen-bond acceptors (Lipinski definition) is 5. The number of halogens is 1. The zero-order valence-electron chi connectivity index (χ0n) is 17.4. The van der Waals surface area contributed by atoms with Gasteiger partial charge in [0.2, 0.25) is 10.0 Å². The first-order valence-corrected chi connectivity index (χ1v) is 12.6. The van der Waals surface area contributed by atoms with Gasteiger partial charge in [-0.05, 0) is 83.5 Å². The van der Waals surface area contributed by atoms with Crippen LogP contribution in [-0.2, 0) is 10.0 Å². The molecule has 0 spiro atoms. The molecule has 0 unspecified atom stereocenters. The van der Waals surface area contributed by atoms with Crippen molar-refractivity contribution in [1.82, 2.24) is 10.0 Å². The molecule has 0 aliphatic heterocycles. The summed E-state index contributed by atoms with van der Waals surface area (Å²) in [7, 11) is -3.53. The largest absolute Gasteiger partial charge is 0.492 e. The van der Waals surface area contributed by atoms with Gasteiger partial charge in [0.1, 0.15) is 5.75 Å². The summed E-state index contributed by atoms with van der Waals surface area (Å²) in [4.78, 5) is 12.6. The smallest absolute Gasteiger partial charge is 0.257 e. The lowest BCUT2D eigenvalue weighted by molar-refractivity contribution is 0.0977. The van der Waals surface area contributed by atoms with Crippen molar-refractivity contribution in [3.05, 3.63) is 52.5 Å². The normalized spacial score (nSPS) is 11.1. The summed E-state index contributed by atoms with van der Waals surface area (Å²) < 4.78 is 33.1. The van der Waals surface area contributed by atoms with Crippen LogP contribution < -0.4 is 20.1 Å². The number of unbranched alkanes of at least 4 members (excludes halogenated alkanes) is 1. The van der Waals surface area contributed by atoms with E-state index in [-0.39, 0.29) is 15.9 Å². The van der Waals surface area contributed by atoms with Gasteiger partial charge in [0.05, 0.1) is 16.0 Å². The average Bonchev–Trinajstić information content (AvgIpc) is 2.73. The van der Waals surface area contributed by atoms with Gasteiger partial charge in [0, 0.05) is 17.8 Å². The Labute approximate surface area is 197 Å². The van der Waals surface area contributed by atoms with Gasteiger partial charge in [-0.15, -0.1) is 0 Å². The summed E-state index contributed by atoms with van der Waals surface area (Å²) in [6, 6.07) is 11.2. The van der Waals surface area contributed by atoms with Crippen LogP contribution in [0.5, 0.6) is 5.75 Å². The fourth-order valence-electron chi connectivity index (χ4n) is 2.46. The Balaban J connectivity index is 1.95. The van der Waals surface area contributed by atoms with E-state index in [2.05, 4.69) is 38.2 Å². The molecule has 1 amide bonds. The maximum absolute atomic E-state index is 12.5. The number of amides is 1. The van der Waals surface area contributed by atoms with Crippen molar-refractivity contribution in [2.75, 3.05) is 18.5 Å². The van der Waals surface area contributed by atoms with Crippen molar-refractivity contribution in [2.24, 2.45) is 0 Å². The van der Waals surface area contributed by atoms with Gasteiger partial charge in [0.15, 0.2) is 5.11 Å². The minimum Gasteiger partial charge on any atom is -0.492 e. The molecule has 0 radical (unpaired) electrons. The van der Waals surface area contributed by atoms with Crippen LogP contribution >= 0.6 is 28.1 Å². The number of anilines is 1. The molecule has 2 aromatic rings. The van der Waals surface area contributed by atoms with Crippen LogP contribution in [0.3, 0.4) is 0 Å². The molecule has 0 saturated carbocycles. The highest BCUT2D eigenvalue weighted by Crippen LogP contribution is 2.26. The predicted molar refractivity (Wildman–Crippen MR) is 130 cm³/mol. The van der Waals surface area contributed by atoms with Crippen LogP contribution in [0, 0.1) is 0 Å². The van der Waals surface area contributed by atoms with Gasteiger partial charge in [-0.3, -0.25) is 10.1 Å². The number of ether oxygens (including phenoxy) is 1. The second-order valence-electron chi connectivity index (χ2n) is 6.68. The molecule has 0 fully saturated rings. The summed E-state index contributed by atoms with van der Waals surface area (Å²) in [5.74, 6) is 0.301. The van der Waals surface area contributed by atoms with Gasteiger partial charge in [-0.1, -0.05) is 20.3 Å². The molecule has 0 saturated heterocycles. The van der Waals surface area contributed by atoms with E-state index in [0.29, 0.717) is 41.0 Å². The van der Waals surface area contributed by atoms with Crippen molar-refractivity contribution in [3.63, 3.8) is 0 Å². The maximum atomic E-state index is 12.5. The van der Waals surface area contributed by atoms with Gasteiger partial charge < -0.3 is 10.1 Å². The van der Waals surface area contributed by atoms with E-state index in [1.165, 1.54) is 12.1 Å². The second-order valence-corrected chi connectivity index (χ2v) is 9.71. The lowest BCUT2D eigenvalue weighted by Crippen LogP contribution is -2.34. The maximum Gasteiger partial charge on any atom is 0.257 e. The third kappa shape index (κ3) is 7.88. The third-order valence-electron chi connectivity index (χ3n) is 4.14. The zero-order valence-corrected chi connectivity index (χ0v) is 20.6. The van der Waals surface area contributed by atoms with Crippen LogP contribution in [-0.4, -0.2) is 32.6 Å². The molecule has 31 heavy (non-hydrogen) atoms. The molecule has 0 heterocycles. The minimum atomic E-state index is -3.53. The van der Waals surface area contributed by atoms with E-state index in [9.17, 15) is 13.2 Å². The van der Waals surface area contributed by atoms with Crippen LogP contribution in [0.2, 0.25) is 0 Å². The number of carbonyl (C=O) groups excluding carboxylic acids is 1. The van der Waals surface area contributed by atoms with Crippen molar-refractivity contribution < 1.29 is 17.9 Å². The molecule has 10 heteroatoms. The van der Waals surface area contributed by atoms with Crippen LogP contribution in [0.1, 0.15) is 43.5 Å². The van der Waals surface area contributed by atoms with E-state index in [1.807, 2.05) is 6.92 Å². The molecular weight excluding hydrogens is 502 g/mol. The zero-order chi connectivity index (χ0) is 22.9. The fraction of sp³-hybridized carbons (Fsp3) is 0.333. The molecule has 0 atom stereocenters. The molecule has 0 aliphatic carbocycles. The molecule has 0 aromatic heterocycles.